The summed E-state index contributed by atoms with van der Waals surface area (Å²) in [5, 5.41) is 10.7. The van der Waals surface area contributed by atoms with Crippen LogP contribution in [0.2, 0.25) is 0 Å². The summed E-state index contributed by atoms with van der Waals surface area (Å²) in [6.45, 7) is 2.10. The van der Waals surface area contributed by atoms with Gasteiger partial charge in [0.25, 0.3) is 5.91 Å². The van der Waals surface area contributed by atoms with Gasteiger partial charge in [-0.25, -0.2) is 9.89 Å². The molecule has 0 aliphatic heterocycles. The number of thiophene rings is 1. The summed E-state index contributed by atoms with van der Waals surface area (Å²) in [7, 11) is 0. The molecular formula is C16H16N4O2S. The number of aryl methyl sites for hydroxylation is 1. The van der Waals surface area contributed by atoms with Crippen molar-refractivity contribution in [3.63, 3.8) is 0 Å². The Bertz CT molecular complexity index is 834. The van der Waals surface area contributed by atoms with E-state index in [0.29, 0.717) is 0 Å². The van der Waals surface area contributed by atoms with Crippen molar-refractivity contribution in [2.24, 2.45) is 0 Å². The standard InChI is InChI=1S/C16H16N4O2S/c1-2-10-5-7-11(8-6-10)13(12-4-3-9-23-12)17-15(21)14-18-16(22)20-19-14/h3-9,13H,2H2,1H3,(H,17,21)(H2,18,19,20,22)/t13-/m0/s1. The lowest BCUT2D eigenvalue weighted by molar-refractivity contribution is 0.0933. The van der Waals surface area contributed by atoms with Crippen molar-refractivity contribution in [1.82, 2.24) is 20.5 Å². The highest BCUT2D eigenvalue weighted by Crippen LogP contribution is 2.26. The largest absolute Gasteiger partial charge is 0.341 e. The van der Waals surface area contributed by atoms with Gasteiger partial charge in [0.15, 0.2) is 0 Å². The number of carbonyl (C=O) groups excluding carboxylic acids is 1. The molecule has 118 valence electrons. The van der Waals surface area contributed by atoms with Gasteiger partial charge in [0.1, 0.15) is 0 Å². The Balaban J connectivity index is 1.89. The van der Waals surface area contributed by atoms with Gasteiger partial charge in [0.05, 0.1) is 6.04 Å². The number of aromatic amines is 2. The zero-order valence-corrected chi connectivity index (χ0v) is 13.3. The van der Waals surface area contributed by atoms with Gasteiger partial charge in [-0.15, -0.1) is 16.4 Å². The summed E-state index contributed by atoms with van der Waals surface area (Å²) >= 11 is 1.56. The Labute approximate surface area is 136 Å². The first kappa shape index (κ1) is 15.2. The summed E-state index contributed by atoms with van der Waals surface area (Å²) < 4.78 is 0. The van der Waals surface area contributed by atoms with Crippen LogP contribution in [0.25, 0.3) is 0 Å². The quantitative estimate of drug-likeness (QED) is 0.671. The third kappa shape index (κ3) is 3.40. The number of amides is 1. The molecule has 1 atom stereocenters. The number of aromatic nitrogens is 3. The second-order valence-corrected chi connectivity index (χ2v) is 6.02. The van der Waals surface area contributed by atoms with Crippen molar-refractivity contribution in [3.8, 4) is 0 Å². The fourth-order valence-electron chi connectivity index (χ4n) is 2.30. The fourth-order valence-corrected chi connectivity index (χ4v) is 3.10. The fraction of sp³-hybridized carbons (Fsp3) is 0.188. The van der Waals surface area contributed by atoms with Gasteiger partial charge >= 0.3 is 5.69 Å². The van der Waals surface area contributed by atoms with Crippen LogP contribution in [0.15, 0.2) is 46.6 Å². The maximum absolute atomic E-state index is 12.3. The Hall–Kier alpha value is -2.67. The summed E-state index contributed by atoms with van der Waals surface area (Å²) in [5.41, 5.74) is 1.72. The van der Waals surface area contributed by atoms with E-state index >= 15 is 0 Å². The molecule has 6 nitrogen and oxygen atoms in total. The van der Waals surface area contributed by atoms with E-state index in [-0.39, 0.29) is 11.9 Å². The monoisotopic (exact) mass is 328 g/mol. The van der Waals surface area contributed by atoms with Crippen LogP contribution < -0.4 is 11.0 Å². The van der Waals surface area contributed by atoms with Crippen molar-refractivity contribution in [3.05, 3.63) is 74.1 Å². The minimum absolute atomic E-state index is 0.0262. The molecule has 0 saturated heterocycles. The number of hydrogen-bond acceptors (Lipinski definition) is 4. The van der Waals surface area contributed by atoms with Gasteiger partial charge in [-0.3, -0.25) is 9.78 Å². The summed E-state index contributed by atoms with van der Waals surface area (Å²) in [6.07, 6.45) is 0.963. The van der Waals surface area contributed by atoms with Crippen molar-refractivity contribution in [2.75, 3.05) is 0 Å². The first-order chi connectivity index (χ1) is 11.2. The molecule has 0 spiro atoms. The molecule has 0 bridgehead atoms. The molecule has 0 unspecified atom stereocenters. The molecule has 7 heteroatoms. The molecule has 0 saturated carbocycles. The molecule has 3 rings (SSSR count). The van der Waals surface area contributed by atoms with Crippen LogP contribution in [0, 0.1) is 0 Å². The van der Waals surface area contributed by atoms with Crippen LogP contribution in [0.3, 0.4) is 0 Å². The molecule has 0 aliphatic rings. The van der Waals surface area contributed by atoms with Crippen LogP contribution in [-0.4, -0.2) is 21.1 Å². The average Bonchev–Trinajstić information content (AvgIpc) is 3.24. The van der Waals surface area contributed by atoms with Crippen molar-refractivity contribution < 1.29 is 4.79 Å². The van der Waals surface area contributed by atoms with Crippen molar-refractivity contribution in [2.45, 2.75) is 19.4 Å². The second-order valence-electron chi connectivity index (χ2n) is 5.04. The van der Waals surface area contributed by atoms with Crippen molar-refractivity contribution >= 4 is 17.2 Å². The van der Waals surface area contributed by atoms with Gasteiger partial charge in [0.2, 0.25) is 5.82 Å². The molecule has 0 radical (unpaired) electrons. The average molecular weight is 328 g/mol. The first-order valence-corrected chi connectivity index (χ1v) is 8.13. The second kappa shape index (κ2) is 6.62. The molecule has 2 heterocycles. The SMILES string of the molecule is CCc1ccc([C@H](NC(=O)c2n[nH]c(=O)[nH]2)c2cccs2)cc1. The summed E-state index contributed by atoms with van der Waals surface area (Å²) in [6, 6.07) is 11.8. The summed E-state index contributed by atoms with van der Waals surface area (Å²) in [5.74, 6) is -0.456. The van der Waals surface area contributed by atoms with E-state index in [4.69, 9.17) is 0 Å². The summed E-state index contributed by atoms with van der Waals surface area (Å²) in [4.78, 5) is 26.8. The minimum atomic E-state index is -0.505. The van der Waals surface area contributed by atoms with Gasteiger partial charge in [-0.05, 0) is 29.0 Å². The molecule has 23 heavy (non-hydrogen) atoms. The van der Waals surface area contributed by atoms with E-state index in [0.717, 1.165) is 16.9 Å². The smallest absolute Gasteiger partial charge is 0.338 e. The van der Waals surface area contributed by atoms with E-state index in [1.807, 2.05) is 29.6 Å². The Kier molecular flexibility index (Phi) is 4.38. The predicted molar refractivity (Wildman–Crippen MR) is 88.7 cm³/mol. The molecule has 1 aromatic carbocycles. The maximum atomic E-state index is 12.3. The number of benzene rings is 1. The topological polar surface area (TPSA) is 90.6 Å². The highest BCUT2D eigenvalue weighted by molar-refractivity contribution is 7.10. The predicted octanol–water partition coefficient (Wildman–Crippen LogP) is 2.24. The third-order valence-electron chi connectivity index (χ3n) is 3.54. The molecule has 3 N–H and O–H groups in total. The van der Waals surface area contributed by atoms with E-state index < -0.39 is 11.6 Å². The molecule has 0 fully saturated rings. The van der Waals surface area contributed by atoms with Crippen LogP contribution in [0.5, 0.6) is 0 Å². The molecule has 2 aromatic heterocycles. The van der Waals surface area contributed by atoms with Gasteiger partial charge in [0, 0.05) is 4.88 Å². The molecule has 3 aromatic rings. The van der Waals surface area contributed by atoms with Crippen LogP contribution >= 0.6 is 11.3 Å². The normalized spacial score (nSPS) is 12.0. The lowest BCUT2D eigenvalue weighted by Gasteiger charge is -2.17. The Morgan fingerprint density at radius 2 is 2.09 bits per heavy atom. The van der Waals surface area contributed by atoms with E-state index in [9.17, 15) is 9.59 Å². The van der Waals surface area contributed by atoms with Crippen molar-refractivity contribution in [1.29, 1.82) is 0 Å². The number of nitrogens with one attached hydrogen (secondary N) is 3. The lowest BCUT2D eigenvalue weighted by Crippen LogP contribution is -2.30. The number of nitrogens with zero attached hydrogens (tertiary/aromatic N) is 1. The Morgan fingerprint density at radius 3 is 2.65 bits per heavy atom. The molecular weight excluding hydrogens is 312 g/mol. The van der Waals surface area contributed by atoms with E-state index in [1.54, 1.807) is 11.3 Å². The zero-order valence-electron chi connectivity index (χ0n) is 12.5. The third-order valence-corrected chi connectivity index (χ3v) is 4.48. The molecule has 1 amide bonds. The van der Waals surface area contributed by atoms with E-state index in [2.05, 4.69) is 39.6 Å². The number of H-pyrrole nitrogens is 2. The molecule has 0 aliphatic carbocycles. The minimum Gasteiger partial charge on any atom is -0.338 e. The van der Waals surface area contributed by atoms with Gasteiger partial charge in [-0.2, -0.15) is 0 Å². The zero-order chi connectivity index (χ0) is 16.2. The number of carbonyl (C=O) groups is 1. The van der Waals surface area contributed by atoms with Gasteiger partial charge < -0.3 is 5.32 Å². The number of rotatable bonds is 5. The number of hydrogen-bond donors (Lipinski definition) is 3. The lowest BCUT2D eigenvalue weighted by atomic mass is 10.0. The first-order valence-electron chi connectivity index (χ1n) is 7.25. The van der Waals surface area contributed by atoms with E-state index in [1.165, 1.54) is 5.56 Å². The van der Waals surface area contributed by atoms with Crippen LogP contribution in [-0.2, 0) is 6.42 Å². The van der Waals surface area contributed by atoms with Crippen LogP contribution in [0.1, 0.15) is 39.6 Å². The van der Waals surface area contributed by atoms with Crippen LogP contribution in [0.4, 0.5) is 0 Å². The Morgan fingerprint density at radius 1 is 1.30 bits per heavy atom. The maximum Gasteiger partial charge on any atom is 0.341 e. The highest BCUT2D eigenvalue weighted by atomic mass is 32.1. The van der Waals surface area contributed by atoms with Gasteiger partial charge in [-0.1, -0.05) is 37.3 Å². The highest BCUT2D eigenvalue weighted by Gasteiger charge is 2.20.